The Kier molecular flexibility index (Phi) is 2.48. The first-order valence-electron chi connectivity index (χ1n) is 5.36. The van der Waals surface area contributed by atoms with E-state index >= 15 is 0 Å². The molecule has 0 N–H and O–H groups in total. The van der Waals surface area contributed by atoms with Crippen LogP contribution in [0.5, 0.6) is 0 Å². The Morgan fingerprint density at radius 1 is 1.06 bits per heavy atom. The van der Waals surface area contributed by atoms with Crippen LogP contribution in [0, 0.1) is 6.92 Å². The fourth-order valence-corrected chi connectivity index (χ4v) is 2.44. The van der Waals surface area contributed by atoms with Crippen LogP contribution < -0.4 is 0 Å². The van der Waals surface area contributed by atoms with Gasteiger partial charge in [-0.1, -0.05) is 40.2 Å². The van der Waals surface area contributed by atoms with Gasteiger partial charge in [0.1, 0.15) is 5.76 Å². The number of benzene rings is 2. The van der Waals surface area contributed by atoms with Crippen LogP contribution in [0.3, 0.4) is 0 Å². The zero-order chi connectivity index (χ0) is 11.8. The Labute approximate surface area is 107 Å². The summed E-state index contributed by atoms with van der Waals surface area (Å²) in [5.41, 5.74) is 1.02. The molecule has 0 aliphatic heterocycles. The van der Waals surface area contributed by atoms with E-state index in [4.69, 9.17) is 4.42 Å². The van der Waals surface area contributed by atoms with Crippen molar-refractivity contribution in [3.8, 4) is 11.5 Å². The minimum absolute atomic E-state index is 0.672. The summed E-state index contributed by atoms with van der Waals surface area (Å²) in [5, 5.41) is 2.31. The molecule has 1 heterocycles. The average Bonchev–Trinajstić information content (AvgIpc) is 2.76. The van der Waals surface area contributed by atoms with E-state index in [-0.39, 0.29) is 0 Å². The summed E-state index contributed by atoms with van der Waals surface area (Å²) in [7, 11) is 0. The maximum absolute atomic E-state index is 5.59. The van der Waals surface area contributed by atoms with Crippen LogP contribution in [0.15, 0.2) is 51.5 Å². The monoisotopic (exact) mass is 287 g/mol. The highest BCUT2D eigenvalue weighted by Crippen LogP contribution is 2.31. The highest BCUT2D eigenvalue weighted by Gasteiger charge is 2.09. The van der Waals surface area contributed by atoms with Crippen molar-refractivity contribution in [1.82, 2.24) is 4.98 Å². The molecule has 3 heteroatoms. The van der Waals surface area contributed by atoms with E-state index in [1.165, 1.54) is 5.39 Å². The molecule has 2 nitrogen and oxygen atoms in total. The number of halogens is 1. The van der Waals surface area contributed by atoms with Crippen LogP contribution in [0.2, 0.25) is 0 Å². The van der Waals surface area contributed by atoms with Gasteiger partial charge in [0.05, 0.1) is 6.20 Å². The Balaban J connectivity index is 2.34. The van der Waals surface area contributed by atoms with Gasteiger partial charge in [0.15, 0.2) is 0 Å². The van der Waals surface area contributed by atoms with Gasteiger partial charge in [-0.05, 0) is 29.8 Å². The van der Waals surface area contributed by atoms with Gasteiger partial charge in [-0.15, -0.1) is 0 Å². The standard InChI is InChI=1S/C14H10BrNO/c1-9-8-16-14(17-9)12-6-2-5-11-10(12)4-3-7-13(11)15/h2-8H,1H3. The van der Waals surface area contributed by atoms with Crippen molar-refractivity contribution in [3.63, 3.8) is 0 Å². The lowest BCUT2D eigenvalue weighted by molar-refractivity contribution is 0.543. The number of fused-ring (bicyclic) bond motifs is 1. The molecule has 0 bridgehead atoms. The molecule has 2 aromatic carbocycles. The van der Waals surface area contributed by atoms with E-state index in [1.807, 2.05) is 31.2 Å². The summed E-state index contributed by atoms with van der Waals surface area (Å²) < 4.78 is 6.67. The lowest BCUT2D eigenvalue weighted by atomic mass is 10.0. The van der Waals surface area contributed by atoms with Crippen molar-refractivity contribution in [1.29, 1.82) is 0 Å². The molecular formula is C14H10BrNO. The molecule has 0 spiro atoms. The van der Waals surface area contributed by atoms with Crippen molar-refractivity contribution >= 4 is 26.7 Å². The van der Waals surface area contributed by atoms with E-state index in [0.29, 0.717) is 5.89 Å². The molecule has 0 aliphatic carbocycles. The fourth-order valence-electron chi connectivity index (χ4n) is 1.94. The summed E-state index contributed by atoms with van der Waals surface area (Å²) in [4.78, 5) is 4.28. The lowest BCUT2D eigenvalue weighted by Crippen LogP contribution is -1.81. The van der Waals surface area contributed by atoms with Gasteiger partial charge < -0.3 is 4.42 Å². The SMILES string of the molecule is Cc1cnc(-c2cccc3c(Br)cccc23)o1. The topological polar surface area (TPSA) is 26.0 Å². The molecule has 0 saturated carbocycles. The Bertz CT molecular complexity index is 688. The summed E-state index contributed by atoms with van der Waals surface area (Å²) in [6.45, 7) is 1.90. The molecule has 0 saturated heterocycles. The van der Waals surface area contributed by atoms with E-state index in [2.05, 4.69) is 33.0 Å². The van der Waals surface area contributed by atoms with E-state index in [1.54, 1.807) is 6.20 Å². The minimum Gasteiger partial charge on any atom is -0.441 e. The van der Waals surface area contributed by atoms with Gasteiger partial charge in [-0.2, -0.15) is 0 Å². The maximum Gasteiger partial charge on any atom is 0.226 e. The number of aryl methyl sites for hydroxylation is 1. The predicted molar refractivity (Wildman–Crippen MR) is 71.9 cm³/mol. The zero-order valence-electron chi connectivity index (χ0n) is 9.27. The van der Waals surface area contributed by atoms with Gasteiger partial charge in [0.25, 0.3) is 0 Å². The van der Waals surface area contributed by atoms with Crippen molar-refractivity contribution < 1.29 is 4.42 Å². The first-order valence-corrected chi connectivity index (χ1v) is 6.15. The van der Waals surface area contributed by atoms with E-state index < -0.39 is 0 Å². The van der Waals surface area contributed by atoms with Gasteiger partial charge in [-0.25, -0.2) is 4.98 Å². The quantitative estimate of drug-likeness (QED) is 0.655. The summed E-state index contributed by atoms with van der Waals surface area (Å²) in [6.07, 6.45) is 1.74. The smallest absolute Gasteiger partial charge is 0.226 e. The van der Waals surface area contributed by atoms with Crippen LogP contribution in [0.25, 0.3) is 22.2 Å². The normalized spacial score (nSPS) is 10.9. The Morgan fingerprint density at radius 3 is 2.59 bits per heavy atom. The van der Waals surface area contributed by atoms with Crippen molar-refractivity contribution in [2.45, 2.75) is 6.92 Å². The van der Waals surface area contributed by atoms with Gasteiger partial charge in [-0.3, -0.25) is 0 Å². The molecule has 3 aromatic rings. The van der Waals surface area contributed by atoms with Crippen LogP contribution in [0.4, 0.5) is 0 Å². The molecule has 3 rings (SSSR count). The summed E-state index contributed by atoms with van der Waals surface area (Å²) in [6, 6.07) is 12.3. The molecule has 0 aliphatic rings. The van der Waals surface area contributed by atoms with Crippen molar-refractivity contribution in [2.24, 2.45) is 0 Å². The molecule has 1 aromatic heterocycles. The molecule has 0 amide bonds. The van der Waals surface area contributed by atoms with Crippen molar-refractivity contribution in [3.05, 3.63) is 52.8 Å². The fraction of sp³-hybridized carbons (Fsp3) is 0.0714. The number of oxazole rings is 1. The third-order valence-corrected chi connectivity index (χ3v) is 3.41. The maximum atomic E-state index is 5.59. The van der Waals surface area contributed by atoms with Crippen LogP contribution in [0.1, 0.15) is 5.76 Å². The molecule has 84 valence electrons. The Hall–Kier alpha value is -1.61. The number of nitrogens with zero attached hydrogens (tertiary/aromatic N) is 1. The summed E-state index contributed by atoms with van der Waals surface area (Å²) in [5.74, 6) is 1.50. The molecule has 17 heavy (non-hydrogen) atoms. The minimum atomic E-state index is 0.672. The molecule has 0 fully saturated rings. The highest BCUT2D eigenvalue weighted by molar-refractivity contribution is 9.10. The second kappa shape index (κ2) is 4.00. The van der Waals surface area contributed by atoms with Crippen molar-refractivity contribution in [2.75, 3.05) is 0 Å². The van der Waals surface area contributed by atoms with Crippen LogP contribution >= 0.6 is 15.9 Å². The zero-order valence-corrected chi connectivity index (χ0v) is 10.9. The van der Waals surface area contributed by atoms with E-state index in [9.17, 15) is 0 Å². The third-order valence-electron chi connectivity index (χ3n) is 2.72. The van der Waals surface area contributed by atoms with Gasteiger partial charge >= 0.3 is 0 Å². The lowest BCUT2D eigenvalue weighted by Gasteiger charge is -2.04. The third kappa shape index (κ3) is 1.76. The Morgan fingerprint density at radius 2 is 1.82 bits per heavy atom. The first kappa shape index (κ1) is 10.5. The number of aromatic nitrogens is 1. The van der Waals surface area contributed by atoms with Gasteiger partial charge in [0.2, 0.25) is 5.89 Å². The molecule has 0 unspecified atom stereocenters. The van der Waals surface area contributed by atoms with Crippen LogP contribution in [-0.4, -0.2) is 4.98 Å². The van der Waals surface area contributed by atoms with Gasteiger partial charge in [0, 0.05) is 10.0 Å². The summed E-state index contributed by atoms with van der Waals surface area (Å²) >= 11 is 3.56. The second-order valence-electron chi connectivity index (χ2n) is 3.92. The largest absolute Gasteiger partial charge is 0.441 e. The average molecular weight is 288 g/mol. The number of hydrogen-bond acceptors (Lipinski definition) is 2. The van der Waals surface area contributed by atoms with Crippen LogP contribution in [-0.2, 0) is 0 Å². The van der Waals surface area contributed by atoms with E-state index in [0.717, 1.165) is 21.2 Å². The number of hydrogen-bond donors (Lipinski definition) is 0. The second-order valence-corrected chi connectivity index (χ2v) is 4.77. The molecule has 0 atom stereocenters. The molecule has 0 radical (unpaired) electrons. The molecular weight excluding hydrogens is 278 g/mol. The first-order chi connectivity index (χ1) is 8.25. The number of rotatable bonds is 1. The highest BCUT2D eigenvalue weighted by atomic mass is 79.9. The predicted octanol–water partition coefficient (Wildman–Crippen LogP) is 4.57.